The average Bonchev–Trinajstić information content (AvgIpc) is 3.33. The average molecular weight is 473 g/mol. The molecule has 0 spiro atoms. The number of nitriles is 1. The van der Waals surface area contributed by atoms with Gasteiger partial charge in [0.1, 0.15) is 11.9 Å². The van der Waals surface area contributed by atoms with E-state index in [0.29, 0.717) is 28.4 Å². The fraction of sp³-hybridized carbons (Fsp3) is 0.231. The van der Waals surface area contributed by atoms with Gasteiger partial charge in [0.15, 0.2) is 0 Å². The number of rotatable bonds is 6. The van der Waals surface area contributed by atoms with Crippen LogP contribution in [0.1, 0.15) is 58.1 Å². The number of amides is 2. The van der Waals surface area contributed by atoms with Crippen molar-refractivity contribution >= 4 is 33.8 Å². The van der Waals surface area contributed by atoms with E-state index in [-0.39, 0.29) is 17.4 Å². The zero-order valence-electron chi connectivity index (χ0n) is 18.4. The van der Waals surface area contributed by atoms with Crippen LogP contribution in [0.15, 0.2) is 54.6 Å². The van der Waals surface area contributed by atoms with Gasteiger partial charge in [0.25, 0.3) is 5.91 Å². The number of anilines is 1. The summed E-state index contributed by atoms with van der Waals surface area (Å²) in [4.78, 5) is 33.2. The maximum absolute atomic E-state index is 13.8. The van der Waals surface area contributed by atoms with E-state index in [4.69, 9.17) is 11.8 Å². The second-order valence-corrected chi connectivity index (χ2v) is 9.04. The van der Waals surface area contributed by atoms with Crippen molar-refractivity contribution in [3.8, 4) is 6.07 Å². The Morgan fingerprint density at radius 2 is 2.06 bits per heavy atom. The van der Waals surface area contributed by atoms with Crippen molar-refractivity contribution in [1.82, 2.24) is 4.90 Å². The Bertz CT molecular complexity index is 1340. The molecule has 0 unspecified atom stereocenters. The highest BCUT2D eigenvalue weighted by Gasteiger charge is 2.44. The molecule has 2 amide bonds. The predicted octanol–water partition coefficient (Wildman–Crippen LogP) is 6.03. The van der Waals surface area contributed by atoms with Crippen LogP contribution >= 0.6 is 11.3 Å². The molecule has 0 saturated heterocycles. The topological polar surface area (TPSA) is 77.6 Å². The summed E-state index contributed by atoms with van der Waals surface area (Å²) in [7, 11) is 0. The third-order valence-electron chi connectivity index (χ3n) is 5.84. The number of unbranched alkanes of at least 4 members (excludes halogenated alkanes) is 1. The standard InChI is InChI=1S/C26H21FN4O2S/c1-3-4-13-31-24(21-11-12-22(29-2)34-21)23(18-7-5-6-8-19(18)26(31)33)25(32)30-17-9-10-20(27)16(14-17)15-28/h5-12,14,23-24H,3-4,13H2,1H3,(H,30,32)/t23-,24+/m1/s1. The third kappa shape index (κ3) is 4.28. The Kier molecular flexibility index (Phi) is 6.72. The largest absolute Gasteiger partial charge is 0.330 e. The van der Waals surface area contributed by atoms with Gasteiger partial charge < -0.3 is 10.2 Å². The van der Waals surface area contributed by atoms with Crippen LogP contribution in [0.25, 0.3) is 4.85 Å². The molecular formula is C26H21FN4O2S. The van der Waals surface area contributed by atoms with E-state index in [1.165, 1.54) is 23.5 Å². The lowest BCUT2D eigenvalue weighted by Gasteiger charge is -2.41. The quantitative estimate of drug-likeness (QED) is 0.445. The van der Waals surface area contributed by atoms with Gasteiger partial charge in [-0.15, -0.1) is 0 Å². The van der Waals surface area contributed by atoms with Crippen molar-refractivity contribution in [3.05, 3.63) is 93.4 Å². The summed E-state index contributed by atoms with van der Waals surface area (Å²) in [6.07, 6.45) is 1.64. The first kappa shape index (κ1) is 23.2. The van der Waals surface area contributed by atoms with Crippen LogP contribution in [0.4, 0.5) is 15.1 Å². The summed E-state index contributed by atoms with van der Waals surface area (Å²) in [6, 6.07) is 15.6. The Balaban J connectivity index is 1.82. The molecule has 0 aliphatic carbocycles. The first-order valence-corrected chi connectivity index (χ1v) is 11.7. The van der Waals surface area contributed by atoms with E-state index in [2.05, 4.69) is 10.2 Å². The first-order valence-electron chi connectivity index (χ1n) is 10.9. The van der Waals surface area contributed by atoms with Crippen LogP contribution in [0.3, 0.4) is 0 Å². The van der Waals surface area contributed by atoms with Crippen LogP contribution < -0.4 is 5.32 Å². The number of hydrogen-bond donors (Lipinski definition) is 1. The minimum absolute atomic E-state index is 0.149. The summed E-state index contributed by atoms with van der Waals surface area (Å²) >= 11 is 1.27. The number of nitrogens with one attached hydrogen (secondary N) is 1. The lowest BCUT2D eigenvalue weighted by Crippen LogP contribution is -2.46. The van der Waals surface area contributed by atoms with Crippen molar-refractivity contribution < 1.29 is 14.0 Å². The summed E-state index contributed by atoms with van der Waals surface area (Å²) in [6.45, 7) is 9.85. The van der Waals surface area contributed by atoms with Crippen LogP contribution in [-0.2, 0) is 4.79 Å². The zero-order valence-corrected chi connectivity index (χ0v) is 19.2. The predicted molar refractivity (Wildman–Crippen MR) is 128 cm³/mol. The molecule has 0 fully saturated rings. The Labute approximate surface area is 201 Å². The zero-order chi connectivity index (χ0) is 24.2. The van der Waals surface area contributed by atoms with E-state index in [0.717, 1.165) is 23.8 Å². The molecule has 1 aliphatic rings. The number of nitrogens with zero attached hydrogens (tertiary/aromatic N) is 3. The van der Waals surface area contributed by atoms with Crippen LogP contribution in [-0.4, -0.2) is 23.3 Å². The van der Waals surface area contributed by atoms with Gasteiger partial charge in [-0.3, -0.25) is 9.59 Å². The van der Waals surface area contributed by atoms with Crippen LogP contribution in [0, 0.1) is 23.7 Å². The number of carbonyl (C=O) groups is 2. The number of hydrogen-bond acceptors (Lipinski definition) is 4. The summed E-state index contributed by atoms with van der Waals surface area (Å²) in [5, 5.41) is 12.4. The molecule has 3 aromatic rings. The fourth-order valence-corrected chi connectivity index (χ4v) is 5.18. The van der Waals surface area contributed by atoms with Crippen molar-refractivity contribution in [2.45, 2.75) is 31.7 Å². The Morgan fingerprint density at radius 3 is 2.76 bits per heavy atom. The molecule has 4 rings (SSSR count). The number of fused-ring (bicyclic) bond motifs is 1. The molecule has 6 nitrogen and oxygen atoms in total. The molecule has 1 aromatic heterocycles. The number of halogens is 1. The number of thiophene rings is 1. The Hall–Kier alpha value is -4.01. The number of carbonyl (C=O) groups excluding carboxylic acids is 2. The van der Waals surface area contributed by atoms with E-state index in [9.17, 15) is 14.0 Å². The van der Waals surface area contributed by atoms with E-state index in [1.807, 2.05) is 6.92 Å². The van der Waals surface area contributed by atoms with Gasteiger partial charge in [0.05, 0.1) is 24.1 Å². The Morgan fingerprint density at radius 1 is 1.26 bits per heavy atom. The van der Waals surface area contributed by atoms with Crippen molar-refractivity contribution in [2.75, 3.05) is 11.9 Å². The molecule has 8 heteroatoms. The second kappa shape index (κ2) is 9.86. The van der Waals surface area contributed by atoms with E-state index >= 15 is 0 Å². The van der Waals surface area contributed by atoms with Gasteiger partial charge in [0.2, 0.25) is 10.9 Å². The van der Waals surface area contributed by atoms with E-state index < -0.39 is 17.8 Å². The third-order valence-corrected chi connectivity index (χ3v) is 6.89. The fourth-order valence-electron chi connectivity index (χ4n) is 4.24. The summed E-state index contributed by atoms with van der Waals surface area (Å²) in [5.74, 6) is -1.94. The minimum atomic E-state index is -0.751. The van der Waals surface area contributed by atoms with Crippen LogP contribution in [0.2, 0.25) is 0 Å². The molecule has 0 saturated carbocycles. The summed E-state index contributed by atoms with van der Waals surface area (Å²) < 4.78 is 13.8. The number of benzene rings is 2. The maximum Gasteiger partial charge on any atom is 0.254 e. The highest BCUT2D eigenvalue weighted by Crippen LogP contribution is 2.46. The molecule has 34 heavy (non-hydrogen) atoms. The van der Waals surface area contributed by atoms with E-state index in [1.54, 1.807) is 47.4 Å². The first-order chi connectivity index (χ1) is 16.5. The SMILES string of the molecule is [C-]#[N+]c1ccc([C@H]2[C@H](C(=O)Nc3ccc(F)c(C#N)c3)c3ccccc3C(=O)N2CCCC)s1. The van der Waals surface area contributed by atoms with Crippen LogP contribution in [0.5, 0.6) is 0 Å². The lowest BCUT2D eigenvalue weighted by molar-refractivity contribution is -0.119. The highest BCUT2D eigenvalue weighted by atomic mass is 32.1. The molecule has 170 valence electrons. The molecule has 2 heterocycles. The summed E-state index contributed by atoms with van der Waals surface area (Å²) in [5.41, 5.74) is 1.19. The van der Waals surface area contributed by atoms with Gasteiger partial charge in [-0.25, -0.2) is 9.24 Å². The van der Waals surface area contributed by atoms with Gasteiger partial charge in [-0.2, -0.15) is 16.6 Å². The molecule has 2 aromatic carbocycles. The van der Waals surface area contributed by atoms with Gasteiger partial charge in [-0.05, 0) is 42.3 Å². The molecule has 1 N–H and O–H groups in total. The highest BCUT2D eigenvalue weighted by molar-refractivity contribution is 7.16. The van der Waals surface area contributed by atoms with Crippen molar-refractivity contribution in [3.63, 3.8) is 0 Å². The van der Waals surface area contributed by atoms with Gasteiger partial charge in [-0.1, -0.05) is 37.6 Å². The monoisotopic (exact) mass is 472 g/mol. The second-order valence-electron chi connectivity index (χ2n) is 7.95. The minimum Gasteiger partial charge on any atom is -0.330 e. The molecule has 0 radical (unpaired) electrons. The smallest absolute Gasteiger partial charge is 0.254 e. The molecule has 2 atom stereocenters. The lowest BCUT2D eigenvalue weighted by atomic mass is 9.81. The molecular weight excluding hydrogens is 451 g/mol. The van der Waals surface area contributed by atoms with Crippen molar-refractivity contribution in [1.29, 1.82) is 5.26 Å². The molecule has 1 aliphatic heterocycles. The van der Waals surface area contributed by atoms with Gasteiger partial charge in [0, 0.05) is 22.7 Å². The normalized spacial score (nSPS) is 16.9. The maximum atomic E-state index is 13.8. The molecule has 0 bridgehead atoms. The van der Waals surface area contributed by atoms with Gasteiger partial charge >= 0.3 is 0 Å². The van der Waals surface area contributed by atoms with Crippen molar-refractivity contribution in [2.24, 2.45) is 0 Å².